The molecule has 22 heavy (non-hydrogen) atoms. The Bertz CT molecular complexity index is 645. The minimum absolute atomic E-state index is 0.0887. The van der Waals surface area contributed by atoms with Gasteiger partial charge in [0.25, 0.3) is 5.91 Å². The Hall–Kier alpha value is -1.40. The van der Waals surface area contributed by atoms with Crippen molar-refractivity contribution in [1.82, 2.24) is 9.21 Å². The predicted octanol–water partition coefficient (Wildman–Crippen LogP) is 2.06. The largest absolute Gasteiger partial charge is 0.338 e. The van der Waals surface area contributed by atoms with Gasteiger partial charge in [0, 0.05) is 32.7 Å². The molecule has 1 aliphatic heterocycles. The molecule has 2 atom stereocenters. The molecular weight excluding hydrogens is 300 g/mol. The van der Waals surface area contributed by atoms with Crippen molar-refractivity contribution in [2.24, 2.45) is 11.8 Å². The van der Waals surface area contributed by atoms with E-state index >= 15 is 0 Å². The molecule has 1 aromatic carbocycles. The van der Waals surface area contributed by atoms with Gasteiger partial charge in [0.15, 0.2) is 0 Å². The minimum atomic E-state index is -3.52. The molecule has 0 spiro atoms. The van der Waals surface area contributed by atoms with Gasteiger partial charge in [-0.25, -0.2) is 12.7 Å². The van der Waals surface area contributed by atoms with Crippen molar-refractivity contribution >= 4 is 15.9 Å². The summed E-state index contributed by atoms with van der Waals surface area (Å²) in [6.07, 6.45) is 1.12. The van der Waals surface area contributed by atoms with Crippen LogP contribution in [0.1, 0.15) is 30.6 Å². The van der Waals surface area contributed by atoms with Crippen molar-refractivity contribution in [2.45, 2.75) is 25.2 Å². The third-order valence-electron chi connectivity index (χ3n) is 4.02. The number of hydrogen-bond donors (Lipinski definition) is 0. The second-order valence-corrected chi connectivity index (χ2v) is 8.62. The molecule has 1 aliphatic rings. The molecule has 1 fully saturated rings. The maximum atomic E-state index is 12.7. The summed E-state index contributed by atoms with van der Waals surface area (Å²) in [5.41, 5.74) is 0.434. The molecule has 1 saturated heterocycles. The maximum Gasteiger partial charge on any atom is 0.253 e. The zero-order valence-electron chi connectivity index (χ0n) is 13.6. The zero-order valence-corrected chi connectivity index (χ0v) is 14.4. The molecule has 1 heterocycles. The van der Waals surface area contributed by atoms with Crippen molar-refractivity contribution in [3.63, 3.8) is 0 Å². The van der Waals surface area contributed by atoms with Gasteiger partial charge >= 0.3 is 0 Å². The Morgan fingerprint density at radius 3 is 2.32 bits per heavy atom. The Morgan fingerprint density at radius 1 is 1.18 bits per heavy atom. The third-order valence-corrected chi connectivity index (χ3v) is 5.83. The van der Waals surface area contributed by atoms with Gasteiger partial charge in [-0.2, -0.15) is 0 Å². The number of piperidine rings is 1. The van der Waals surface area contributed by atoms with Crippen LogP contribution in [-0.4, -0.2) is 50.7 Å². The van der Waals surface area contributed by atoms with E-state index in [1.165, 1.54) is 26.2 Å². The van der Waals surface area contributed by atoms with E-state index in [1.54, 1.807) is 12.1 Å². The first-order valence-corrected chi connectivity index (χ1v) is 8.97. The Balaban J connectivity index is 2.28. The van der Waals surface area contributed by atoms with Gasteiger partial charge in [-0.3, -0.25) is 4.79 Å². The zero-order chi connectivity index (χ0) is 16.5. The van der Waals surface area contributed by atoms with E-state index in [0.29, 0.717) is 17.4 Å². The van der Waals surface area contributed by atoms with Crippen LogP contribution in [0.4, 0.5) is 0 Å². The topological polar surface area (TPSA) is 57.7 Å². The second kappa shape index (κ2) is 6.38. The van der Waals surface area contributed by atoms with E-state index in [1.807, 2.05) is 4.90 Å². The number of rotatable bonds is 3. The first kappa shape index (κ1) is 17.0. The van der Waals surface area contributed by atoms with Crippen LogP contribution in [0.3, 0.4) is 0 Å². The van der Waals surface area contributed by atoms with E-state index in [0.717, 1.165) is 23.8 Å². The van der Waals surface area contributed by atoms with Crippen LogP contribution in [-0.2, 0) is 10.0 Å². The van der Waals surface area contributed by atoms with Crippen LogP contribution in [0.15, 0.2) is 29.2 Å². The van der Waals surface area contributed by atoms with E-state index < -0.39 is 10.0 Å². The Morgan fingerprint density at radius 2 is 1.77 bits per heavy atom. The number of carbonyl (C=O) groups is 1. The molecule has 1 aromatic rings. The number of benzene rings is 1. The molecule has 0 aromatic heterocycles. The van der Waals surface area contributed by atoms with Crippen LogP contribution in [0.5, 0.6) is 0 Å². The molecule has 0 bridgehead atoms. The lowest BCUT2D eigenvalue weighted by molar-refractivity contribution is 0.0623. The number of sulfonamides is 1. The fourth-order valence-electron chi connectivity index (χ4n) is 3.01. The molecule has 1 amide bonds. The summed E-state index contributed by atoms with van der Waals surface area (Å²) in [6.45, 7) is 5.74. The highest BCUT2D eigenvalue weighted by molar-refractivity contribution is 7.89. The summed E-state index contributed by atoms with van der Waals surface area (Å²) in [5.74, 6) is 0.858. The first-order chi connectivity index (χ1) is 10.2. The molecular formula is C16H24N2O3S. The number of likely N-dealkylation sites (tertiary alicyclic amines) is 1. The lowest BCUT2D eigenvalue weighted by Crippen LogP contribution is -2.42. The fraction of sp³-hybridized carbons (Fsp3) is 0.562. The lowest BCUT2D eigenvalue weighted by Gasteiger charge is -2.35. The molecule has 0 aliphatic carbocycles. The third kappa shape index (κ3) is 3.50. The van der Waals surface area contributed by atoms with E-state index in [9.17, 15) is 13.2 Å². The molecule has 0 radical (unpaired) electrons. The van der Waals surface area contributed by atoms with Gasteiger partial charge in [0.2, 0.25) is 10.0 Å². The molecule has 6 heteroatoms. The summed E-state index contributed by atoms with van der Waals surface area (Å²) in [7, 11) is -0.555. The average molecular weight is 324 g/mol. The average Bonchev–Trinajstić information content (AvgIpc) is 2.45. The van der Waals surface area contributed by atoms with E-state index in [-0.39, 0.29) is 10.8 Å². The normalized spacial score (nSPS) is 22.9. The van der Waals surface area contributed by atoms with Crippen molar-refractivity contribution in [2.75, 3.05) is 27.2 Å². The van der Waals surface area contributed by atoms with Crippen molar-refractivity contribution in [3.05, 3.63) is 29.8 Å². The van der Waals surface area contributed by atoms with Crippen LogP contribution in [0, 0.1) is 11.8 Å². The summed E-state index contributed by atoms with van der Waals surface area (Å²) < 4.78 is 25.5. The van der Waals surface area contributed by atoms with Crippen molar-refractivity contribution in [1.29, 1.82) is 0 Å². The fourth-order valence-corrected chi connectivity index (χ4v) is 3.96. The monoisotopic (exact) mass is 324 g/mol. The first-order valence-electron chi connectivity index (χ1n) is 7.53. The van der Waals surface area contributed by atoms with Crippen LogP contribution in [0.25, 0.3) is 0 Å². The number of amides is 1. The molecule has 0 unspecified atom stereocenters. The molecule has 0 N–H and O–H groups in total. The number of carbonyl (C=O) groups excluding carboxylic acids is 1. The van der Waals surface area contributed by atoms with Crippen LogP contribution >= 0.6 is 0 Å². The minimum Gasteiger partial charge on any atom is -0.338 e. The highest BCUT2D eigenvalue weighted by Crippen LogP contribution is 2.23. The van der Waals surface area contributed by atoms with Gasteiger partial charge in [-0.1, -0.05) is 19.9 Å². The van der Waals surface area contributed by atoms with E-state index in [4.69, 9.17) is 0 Å². The van der Waals surface area contributed by atoms with Crippen LogP contribution in [0.2, 0.25) is 0 Å². The SMILES string of the molecule is C[C@H]1C[C@H](C)CN(C(=O)c2cccc(S(=O)(=O)N(C)C)c2)C1. The summed E-state index contributed by atoms with van der Waals surface area (Å²) in [6, 6.07) is 6.30. The highest BCUT2D eigenvalue weighted by atomic mass is 32.2. The van der Waals surface area contributed by atoms with Crippen molar-refractivity contribution < 1.29 is 13.2 Å². The molecule has 2 rings (SSSR count). The van der Waals surface area contributed by atoms with E-state index in [2.05, 4.69) is 13.8 Å². The van der Waals surface area contributed by atoms with Gasteiger partial charge < -0.3 is 4.90 Å². The Kier molecular flexibility index (Phi) is 4.92. The highest BCUT2D eigenvalue weighted by Gasteiger charge is 2.27. The van der Waals surface area contributed by atoms with Gasteiger partial charge in [0.05, 0.1) is 4.90 Å². The number of nitrogens with zero attached hydrogens (tertiary/aromatic N) is 2. The maximum absolute atomic E-state index is 12.7. The van der Waals surface area contributed by atoms with Gasteiger partial charge in [-0.05, 0) is 36.5 Å². The smallest absolute Gasteiger partial charge is 0.253 e. The second-order valence-electron chi connectivity index (χ2n) is 6.47. The standard InChI is InChI=1S/C16H24N2O3S/c1-12-8-13(2)11-18(10-12)16(19)14-6-5-7-15(9-14)22(20,21)17(3)4/h5-7,9,12-13H,8,10-11H2,1-4H3/t12-,13-/m0/s1. The predicted molar refractivity (Wildman–Crippen MR) is 86.2 cm³/mol. The summed E-state index contributed by atoms with van der Waals surface area (Å²) in [5, 5.41) is 0. The molecule has 0 saturated carbocycles. The lowest BCUT2D eigenvalue weighted by atomic mass is 9.91. The number of hydrogen-bond acceptors (Lipinski definition) is 3. The Labute approximate surface area is 133 Å². The van der Waals surface area contributed by atoms with Gasteiger partial charge in [0.1, 0.15) is 0 Å². The summed E-state index contributed by atoms with van der Waals surface area (Å²) >= 11 is 0. The van der Waals surface area contributed by atoms with Gasteiger partial charge in [-0.15, -0.1) is 0 Å². The molecule has 122 valence electrons. The quantitative estimate of drug-likeness (QED) is 0.855. The summed E-state index contributed by atoms with van der Waals surface area (Å²) in [4.78, 5) is 14.6. The van der Waals surface area contributed by atoms with Crippen LogP contribution < -0.4 is 0 Å². The van der Waals surface area contributed by atoms with Crippen molar-refractivity contribution in [3.8, 4) is 0 Å². The molecule has 5 nitrogen and oxygen atoms in total.